The van der Waals surface area contributed by atoms with Crippen LogP contribution in [-0.2, 0) is 30.2 Å². The number of rotatable bonds is 13. The van der Waals surface area contributed by atoms with Gasteiger partial charge in [0.05, 0.1) is 38.6 Å². The Morgan fingerprint density at radius 1 is 1.00 bits per heavy atom. The molecule has 0 unspecified atom stereocenters. The zero-order valence-electron chi connectivity index (χ0n) is 31.2. The maximum Gasteiger partial charge on any atom is 0.374 e. The topological polar surface area (TPSA) is 98.5 Å². The molecule has 282 valence electrons. The number of ether oxygens (including phenoxy) is 3. The highest BCUT2D eigenvalue weighted by Gasteiger charge is 2.47. The summed E-state index contributed by atoms with van der Waals surface area (Å²) in [7, 11) is 1.77. The van der Waals surface area contributed by atoms with Gasteiger partial charge in [0.25, 0.3) is 0 Å². The van der Waals surface area contributed by atoms with Crippen LogP contribution in [0.4, 0.5) is 4.39 Å². The van der Waals surface area contributed by atoms with Crippen LogP contribution in [0.5, 0.6) is 0 Å². The molecule has 0 N–H and O–H groups in total. The second-order valence-electron chi connectivity index (χ2n) is 16.4. The number of halogens is 1. The standard InChI is InChI=1S/C41H59FN2O7/c1-27(25-42)29-7-9-31(10-8-29)39(46)44-18-16-34(30-11-13-33(48-4)14-12-30)38(44)35(45)23-28-6-15-36-32(22-28)24-37(51-36)40(47)50-20-5-17-43-19-21-49-26-41(43,2)3/h6,15,22,24,27,29-31,33-34,38H,5,7-14,16-21,23,25-26H2,1-4H3/t27-,29?,30?,31?,33?,34+,38+/m1/s1. The lowest BCUT2D eigenvalue weighted by atomic mass is 9.74. The summed E-state index contributed by atoms with van der Waals surface area (Å²) in [5.41, 5.74) is 1.37. The largest absolute Gasteiger partial charge is 0.460 e. The number of morpholine rings is 1. The molecule has 1 aromatic carbocycles. The van der Waals surface area contributed by atoms with Crippen LogP contribution in [0.1, 0.15) is 101 Å². The summed E-state index contributed by atoms with van der Waals surface area (Å²) < 4.78 is 36.0. The van der Waals surface area contributed by atoms with Crippen molar-refractivity contribution in [1.82, 2.24) is 9.80 Å². The first-order valence-corrected chi connectivity index (χ1v) is 19.5. The fraction of sp³-hybridized carbons (Fsp3) is 0.732. The summed E-state index contributed by atoms with van der Waals surface area (Å²) in [6.45, 7) is 9.97. The van der Waals surface area contributed by atoms with Crippen LogP contribution in [0, 0.1) is 29.6 Å². The monoisotopic (exact) mass is 710 g/mol. The van der Waals surface area contributed by atoms with Gasteiger partial charge in [-0.05, 0) is 125 Å². The molecule has 0 bridgehead atoms. The van der Waals surface area contributed by atoms with E-state index in [1.54, 1.807) is 13.2 Å². The number of ketones is 1. The van der Waals surface area contributed by atoms with E-state index in [-0.39, 0.29) is 59.9 Å². The molecule has 0 spiro atoms. The van der Waals surface area contributed by atoms with Crippen molar-refractivity contribution in [3.63, 3.8) is 0 Å². The molecule has 9 nitrogen and oxygen atoms in total. The van der Waals surface area contributed by atoms with Gasteiger partial charge in [-0.2, -0.15) is 0 Å². The van der Waals surface area contributed by atoms with E-state index >= 15 is 0 Å². The Hall–Kier alpha value is -2.82. The third-order valence-electron chi connectivity index (χ3n) is 12.7. The highest BCUT2D eigenvalue weighted by molar-refractivity contribution is 5.94. The Morgan fingerprint density at radius 2 is 1.76 bits per heavy atom. The maximum absolute atomic E-state index is 14.3. The predicted molar refractivity (Wildman–Crippen MR) is 193 cm³/mol. The number of hydrogen-bond acceptors (Lipinski definition) is 8. The molecule has 1 aromatic heterocycles. The molecule has 2 saturated heterocycles. The van der Waals surface area contributed by atoms with E-state index in [0.717, 1.165) is 88.2 Å². The van der Waals surface area contributed by atoms with Crippen LogP contribution in [0.25, 0.3) is 11.0 Å². The Kier molecular flexibility index (Phi) is 12.6. The van der Waals surface area contributed by atoms with Gasteiger partial charge in [-0.3, -0.25) is 18.9 Å². The molecule has 2 aromatic rings. The normalized spacial score (nSPS) is 29.2. The zero-order chi connectivity index (χ0) is 36.1. The number of furan rings is 1. The van der Waals surface area contributed by atoms with Crippen LogP contribution in [0.2, 0.25) is 0 Å². The molecule has 1 amide bonds. The Balaban J connectivity index is 1.10. The van der Waals surface area contributed by atoms with Gasteiger partial charge in [0.2, 0.25) is 11.7 Å². The number of likely N-dealkylation sites (tertiary alicyclic amines) is 1. The highest BCUT2D eigenvalue weighted by Crippen LogP contribution is 2.42. The summed E-state index contributed by atoms with van der Waals surface area (Å²) >= 11 is 0. The number of nitrogens with zero attached hydrogens (tertiary/aromatic N) is 2. The van der Waals surface area contributed by atoms with Gasteiger partial charge in [0.15, 0.2) is 5.78 Å². The molecule has 3 heterocycles. The number of carbonyl (C=O) groups excluding carboxylic acids is 3. The van der Waals surface area contributed by atoms with E-state index in [4.69, 9.17) is 18.6 Å². The molecule has 6 rings (SSSR count). The number of fused-ring (bicyclic) bond motifs is 1. The predicted octanol–water partition coefficient (Wildman–Crippen LogP) is 7.04. The minimum Gasteiger partial charge on any atom is -0.460 e. The molecule has 4 fully saturated rings. The van der Waals surface area contributed by atoms with E-state index in [2.05, 4.69) is 18.7 Å². The summed E-state index contributed by atoms with van der Waals surface area (Å²) in [4.78, 5) is 45.6. The third kappa shape index (κ3) is 8.87. The summed E-state index contributed by atoms with van der Waals surface area (Å²) in [5.74, 6) is 0.608. The number of Topliss-reactive ketones (excluding diaryl/α,β-unsaturated/α-hetero) is 1. The minimum atomic E-state index is -0.496. The number of alkyl halides is 1. The molecule has 2 aliphatic carbocycles. The quantitative estimate of drug-likeness (QED) is 0.161. The zero-order valence-corrected chi connectivity index (χ0v) is 31.2. The van der Waals surface area contributed by atoms with Crippen molar-refractivity contribution in [2.24, 2.45) is 29.6 Å². The minimum absolute atomic E-state index is 0.0291. The molecule has 2 aliphatic heterocycles. The van der Waals surface area contributed by atoms with Crippen LogP contribution in [0.3, 0.4) is 0 Å². The smallest absolute Gasteiger partial charge is 0.374 e. The number of hydrogen-bond donors (Lipinski definition) is 0. The summed E-state index contributed by atoms with van der Waals surface area (Å²) in [5, 5.41) is 0.746. The van der Waals surface area contributed by atoms with Gasteiger partial charge in [0.1, 0.15) is 5.58 Å². The van der Waals surface area contributed by atoms with Gasteiger partial charge in [-0.1, -0.05) is 13.0 Å². The molecular weight excluding hydrogens is 651 g/mol. The second kappa shape index (κ2) is 16.9. The van der Waals surface area contributed by atoms with Crippen molar-refractivity contribution < 1.29 is 37.4 Å². The van der Waals surface area contributed by atoms with Gasteiger partial charge in [0, 0.05) is 50.0 Å². The lowest BCUT2D eigenvalue weighted by Gasteiger charge is -2.42. The van der Waals surface area contributed by atoms with E-state index in [1.165, 1.54) is 0 Å². The van der Waals surface area contributed by atoms with E-state index < -0.39 is 12.0 Å². The van der Waals surface area contributed by atoms with Crippen LogP contribution >= 0.6 is 0 Å². The first kappa shape index (κ1) is 37.9. The molecule has 3 atom stereocenters. The van der Waals surface area contributed by atoms with Crippen LogP contribution in [-0.4, -0.2) is 98.4 Å². The number of methoxy groups -OCH3 is 1. The maximum atomic E-state index is 14.3. The van der Waals surface area contributed by atoms with Gasteiger partial charge < -0.3 is 23.5 Å². The van der Waals surface area contributed by atoms with Crippen molar-refractivity contribution in [2.75, 3.05) is 53.2 Å². The molecule has 4 aliphatic rings. The average Bonchev–Trinajstić information content (AvgIpc) is 3.78. The fourth-order valence-electron chi connectivity index (χ4n) is 9.42. The average molecular weight is 711 g/mol. The Bertz CT molecular complexity index is 1490. The highest BCUT2D eigenvalue weighted by atomic mass is 19.1. The van der Waals surface area contributed by atoms with Gasteiger partial charge in [-0.25, -0.2) is 4.79 Å². The van der Waals surface area contributed by atoms with Crippen molar-refractivity contribution in [3.8, 4) is 0 Å². The van der Waals surface area contributed by atoms with Crippen molar-refractivity contribution in [3.05, 3.63) is 35.6 Å². The van der Waals surface area contributed by atoms with Crippen molar-refractivity contribution in [2.45, 2.75) is 109 Å². The number of carbonyl (C=O) groups is 3. The molecular formula is C41H59FN2O7. The van der Waals surface area contributed by atoms with Gasteiger partial charge >= 0.3 is 5.97 Å². The van der Waals surface area contributed by atoms with Crippen molar-refractivity contribution in [1.29, 1.82) is 0 Å². The van der Waals surface area contributed by atoms with E-state index in [0.29, 0.717) is 43.8 Å². The van der Waals surface area contributed by atoms with Crippen molar-refractivity contribution >= 4 is 28.6 Å². The molecule has 0 radical (unpaired) electrons. The summed E-state index contributed by atoms with van der Waals surface area (Å²) in [6.07, 6.45) is 9.28. The van der Waals surface area contributed by atoms with Crippen LogP contribution in [0.15, 0.2) is 28.7 Å². The van der Waals surface area contributed by atoms with Gasteiger partial charge in [-0.15, -0.1) is 0 Å². The molecule has 2 saturated carbocycles. The molecule has 51 heavy (non-hydrogen) atoms. The number of esters is 1. The summed E-state index contributed by atoms with van der Waals surface area (Å²) in [6, 6.07) is 6.86. The van der Waals surface area contributed by atoms with E-state index in [9.17, 15) is 18.8 Å². The number of benzene rings is 1. The third-order valence-corrected chi connectivity index (χ3v) is 12.7. The Labute approximate surface area is 302 Å². The van der Waals surface area contributed by atoms with Crippen LogP contribution < -0.4 is 0 Å². The fourth-order valence-corrected chi connectivity index (χ4v) is 9.42. The SMILES string of the molecule is COC1CCC([C@@H]2CCN(C(=O)C3CCC([C@H](C)CF)CC3)[C@@H]2C(=O)Cc2ccc3oc(C(=O)OCCCN4CCOCC4(C)C)cc3c2)CC1. The second-order valence-corrected chi connectivity index (χ2v) is 16.4. The van der Waals surface area contributed by atoms with E-state index in [1.807, 2.05) is 30.0 Å². The first-order valence-electron chi connectivity index (χ1n) is 19.5. The molecule has 10 heteroatoms. The first-order chi connectivity index (χ1) is 24.6. The lowest BCUT2D eigenvalue weighted by molar-refractivity contribution is -0.143. The number of amides is 1. The Morgan fingerprint density at radius 3 is 2.47 bits per heavy atom. The lowest BCUT2D eigenvalue weighted by Crippen LogP contribution is -2.53.